The highest BCUT2D eigenvalue weighted by Crippen LogP contribution is 2.23. The predicted octanol–water partition coefficient (Wildman–Crippen LogP) is 1.34. The maximum atomic E-state index is 12.0. The van der Waals surface area contributed by atoms with Crippen LogP contribution in [0.2, 0.25) is 0 Å². The third-order valence-electron chi connectivity index (χ3n) is 3.10. The van der Waals surface area contributed by atoms with Crippen LogP contribution in [0.3, 0.4) is 0 Å². The molecule has 0 radical (unpaired) electrons. The van der Waals surface area contributed by atoms with Gasteiger partial charge in [-0.1, -0.05) is 6.07 Å². The normalized spacial score (nSPS) is 12.2. The van der Waals surface area contributed by atoms with Crippen LogP contribution in [0.5, 0.6) is 0 Å². The first kappa shape index (κ1) is 14.5. The van der Waals surface area contributed by atoms with Gasteiger partial charge in [0.05, 0.1) is 0 Å². The van der Waals surface area contributed by atoms with E-state index >= 15 is 0 Å². The van der Waals surface area contributed by atoms with Crippen molar-refractivity contribution in [3.8, 4) is 0 Å². The molecule has 0 heterocycles. The molecular formula is C12H18N2O3S. The molecule has 0 bridgehead atoms. The van der Waals surface area contributed by atoms with E-state index in [1.807, 2.05) is 0 Å². The van der Waals surface area contributed by atoms with Crippen molar-refractivity contribution in [2.75, 3.05) is 17.3 Å². The van der Waals surface area contributed by atoms with E-state index in [9.17, 15) is 13.2 Å². The molecule has 5 nitrogen and oxygen atoms in total. The Hall–Kier alpha value is -1.56. The number of benzene rings is 1. The van der Waals surface area contributed by atoms with Gasteiger partial charge in [-0.25, -0.2) is 8.42 Å². The molecule has 0 fully saturated rings. The van der Waals surface area contributed by atoms with Crippen LogP contribution in [0.4, 0.5) is 11.4 Å². The van der Waals surface area contributed by atoms with Gasteiger partial charge in [0.1, 0.15) is 4.75 Å². The molecule has 1 aromatic rings. The Kier molecular flexibility index (Phi) is 3.71. The van der Waals surface area contributed by atoms with E-state index < -0.39 is 20.5 Å². The number of rotatable bonds is 3. The summed E-state index contributed by atoms with van der Waals surface area (Å²) in [7, 11) is -3.49. The molecule has 100 valence electrons. The summed E-state index contributed by atoms with van der Waals surface area (Å²) in [6.45, 7) is 4.51. The second-order valence-corrected chi connectivity index (χ2v) is 7.32. The van der Waals surface area contributed by atoms with Crippen LogP contribution in [-0.2, 0) is 14.6 Å². The minimum Gasteiger partial charge on any atom is -0.398 e. The average Bonchev–Trinajstić information content (AvgIpc) is 2.23. The van der Waals surface area contributed by atoms with Crippen molar-refractivity contribution in [1.29, 1.82) is 0 Å². The van der Waals surface area contributed by atoms with Gasteiger partial charge in [0.2, 0.25) is 5.91 Å². The number of hydrogen-bond acceptors (Lipinski definition) is 4. The fourth-order valence-electron chi connectivity index (χ4n) is 1.23. The second kappa shape index (κ2) is 4.61. The smallest absolute Gasteiger partial charge is 0.245 e. The number of amides is 1. The third kappa shape index (κ3) is 2.64. The Balaban J connectivity index is 3.06. The highest BCUT2D eigenvalue weighted by molar-refractivity contribution is 7.92. The van der Waals surface area contributed by atoms with Gasteiger partial charge in [-0.15, -0.1) is 0 Å². The molecule has 1 rings (SSSR count). The topological polar surface area (TPSA) is 89.3 Å². The van der Waals surface area contributed by atoms with E-state index in [2.05, 4.69) is 5.32 Å². The summed E-state index contributed by atoms with van der Waals surface area (Å²) in [5.41, 5.74) is 7.51. The molecule has 0 spiro atoms. The van der Waals surface area contributed by atoms with E-state index in [0.717, 1.165) is 11.8 Å². The molecule has 0 saturated carbocycles. The number of nitrogens with two attached hydrogens (primary N) is 1. The Labute approximate surface area is 107 Å². The SMILES string of the molecule is Cc1c(N)cccc1NC(=O)C(C)(C)S(C)(=O)=O. The summed E-state index contributed by atoms with van der Waals surface area (Å²) < 4.78 is 21.6. The van der Waals surface area contributed by atoms with Crippen LogP contribution in [0.1, 0.15) is 19.4 Å². The maximum Gasteiger partial charge on any atom is 0.245 e. The second-order valence-electron chi connectivity index (χ2n) is 4.76. The summed E-state index contributed by atoms with van der Waals surface area (Å²) in [6, 6.07) is 5.10. The molecule has 18 heavy (non-hydrogen) atoms. The minimum absolute atomic E-state index is 0.525. The van der Waals surface area contributed by atoms with Crippen LogP contribution in [0.15, 0.2) is 18.2 Å². The zero-order chi connectivity index (χ0) is 14.1. The first-order valence-corrected chi connectivity index (χ1v) is 7.32. The molecular weight excluding hydrogens is 252 g/mol. The average molecular weight is 270 g/mol. The van der Waals surface area contributed by atoms with Crippen molar-refractivity contribution in [1.82, 2.24) is 0 Å². The van der Waals surface area contributed by atoms with Gasteiger partial charge in [0.15, 0.2) is 9.84 Å². The first-order chi connectivity index (χ1) is 8.07. The lowest BCUT2D eigenvalue weighted by atomic mass is 10.1. The maximum absolute atomic E-state index is 12.0. The highest BCUT2D eigenvalue weighted by atomic mass is 32.2. The Morgan fingerprint density at radius 3 is 2.39 bits per heavy atom. The lowest BCUT2D eigenvalue weighted by Gasteiger charge is -2.22. The minimum atomic E-state index is -3.49. The fourth-order valence-corrected chi connectivity index (χ4v) is 1.62. The van der Waals surface area contributed by atoms with Crippen LogP contribution < -0.4 is 11.1 Å². The van der Waals surface area contributed by atoms with Crippen molar-refractivity contribution >= 4 is 27.1 Å². The Bertz CT molecular complexity index is 577. The molecule has 3 N–H and O–H groups in total. The molecule has 6 heteroatoms. The van der Waals surface area contributed by atoms with E-state index in [1.54, 1.807) is 25.1 Å². The number of carbonyl (C=O) groups is 1. The van der Waals surface area contributed by atoms with E-state index in [4.69, 9.17) is 5.73 Å². The predicted molar refractivity (Wildman–Crippen MR) is 73.1 cm³/mol. The molecule has 0 atom stereocenters. The Morgan fingerprint density at radius 2 is 1.89 bits per heavy atom. The number of nitrogens with one attached hydrogen (secondary N) is 1. The summed E-state index contributed by atoms with van der Waals surface area (Å²) >= 11 is 0. The summed E-state index contributed by atoms with van der Waals surface area (Å²) in [5, 5.41) is 2.60. The molecule has 0 saturated heterocycles. The van der Waals surface area contributed by atoms with E-state index in [0.29, 0.717) is 11.4 Å². The quantitative estimate of drug-likeness (QED) is 0.811. The Morgan fingerprint density at radius 1 is 1.33 bits per heavy atom. The van der Waals surface area contributed by atoms with Crippen LogP contribution in [0, 0.1) is 6.92 Å². The number of nitrogen functional groups attached to an aromatic ring is 1. The van der Waals surface area contributed by atoms with Gasteiger partial charge in [-0.05, 0) is 38.5 Å². The van der Waals surface area contributed by atoms with Crippen LogP contribution >= 0.6 is 0 Å². The van der Waals surface area contributed by atoms with Crippen molar-refractivity contribution in [2.24, 2.45) is 0 Å². The molecule has 0 aromatic heterocycles. The van der Waals surface area contributed by atoms with Crippen LogP contribution in [-0.4, -0.2) is 25.3 Å². The summed E-state index contributed by atoms with van der Waals surface area (Å²) in [5.74, 6) is -0.571. The van der Waals surface area contributed by atoms with Gasteiger partial charge in [0, 0.05) is 17.6 Å². The number of sulfone groups is 1. The van der Waals surface area contributed by atoms with Crippen molar-refractivity contribution < 1.29 is 13.2 Å². The number of carbonyl (C=O) groups excluding carboxylic acids is 1. The monoisotopic (exact) mass is 270 g/mol. The van der Waals surface area contributed by atoms with E-state index in [-0.39, 0.29) is 0 Å². The first-order valence-electron chi connectivity index (χ1n) is 5.43. The molecule has 1 aromatic carbocycles. The molecule has 0 aliphatic rings. The van der Waals surface area contributed by atoms with E-state index in [1.165, 1.54) is 13.8 Å². The largest absolute Gasteiger partial charge is 0.398 e. The summed E-state index contributed by atoms with van der Waals surface area (Å²) in [4.78, 5) is 12.0. The van der Waals surface area contributed by atoms with Crippen molar-refractivity contribution in [3.05, 3.63) is 23.8 Å². The van der Waals surface area contributed by atoms with Gasteiger partial charge in [0.25, 0.3) is 0 Å². The summed E-state index contributed by atoms with van der Waals surface area (Å²) in [6.07, 6.45) is 1.04. The highest BCUT2D eigenvalue weighted by Gasteiger charge is 2.38. The third-order valence-corrected chi connectivity index (χ3v) is 5.14. The van der Waals surface area contributed by atoms with Crippen LogP contribution in [0.25, 0.3) is 0 Å². The van der Waals surface area contributed by atoms with Crippen molar-refractivity contribution in [3.63, 3.8) is 0 Å². The zero-order valence-corrected chi connectivity index (χ0v) is 11.8. The zero-order valence-electron chi connectivity index (χ0n) is 10.9. The number of hydrogen-bond donors (Lipinski definition) is 2. The van der Waals surface area contributed by atoms with Gasteiger partial charge >= 0.3 is 0 Å². The standard InChI is InChI=1S/C12H18N2O3S/c1-8-9(13)6-5-7-10(8)14-11(15)12(2,3)18(4,16)17/h5-7H,13H2,1-4H3,(H,14,15). The van der Waals surface area contributed by atoms with Gasteiger partial charge in [-0.3, -0.25) is 4.79 Å². The number of anilines is 2. The fraction of sp³-hybridized carbons (Fsp3) is 0.417. The van der Waals surface area contributed by atoms with Gasteiger partial charge in [-0.2, -0.15) is 0 Å². The molecule has 0 aliphatic heterocycles. The van der Waals surface area contributed by atoms with Crippen molar-refractivity contribution in [2.45, 2.75) is 25.5 Å². The lowest BCUT2D eigenvalue weighted by Crippen LogP contribution is -2.44. The molecule has 0 unspecified atom stereocenters. The molecule has 0 aliphatic carbocycles. The molecule has 1 amide bonds. The lowest BCUT2D eigenvalue weighted by molar-refractivity contribution is -0.117. The van der Waals surface area contributed by atoms with Gasteiger partial charge < -0.3 is 11.1 Å².